The summed E-state index contributed by atoms with van der Waals surface area (Å²) in [4.78, 5) is 13.8. The normalized spacial score (nSPS) is 33.7. The van der Waals surface area contributed by atoms with Crippen LogP contribution < -0.4 is 5.32 Å². The third-order valence-corrected chi connectivity index (χ3v) is 5.80. The molecule has 110 valence electrons. The number of fused-ring (bicyclic) bond motifs is 2. The van der Waals surface area contributed by atoms with Crippen LogP contribution in [0.15, 0.2) is 24.3 Å². The molecule has 0 bridgehead atoms. The molecule has 3 aliphatic rings. The SMILES string of the molecule is CN1C[C@](Br)(C(=O)O)C=C2c3cccc4c3C(CN4)C[C@H]21. The Hall–Kier alpha value is -1.33. The highest BCUT2D eigenvalue weighted by atomic mass is 79.9. The number of rotatable bonds is 1. The van der Waals surface area contributed by atoms with Gasteiger partial charge in [-0.2, -0.15) is 0 Å². The monoisotopic (exact) mass is 348 g/mol. The van der Waals surface area contributed by atoms with Crippen LogP contribution in [0, 0.1) is 0 Å². The van der Waals surface area contributed by atoms with Crippen molar-refractivity contribution in [2.75, 3.05) is 25.5 Å². The largest absolute Gasteiger partial charge is 0.480 e. The van der Waals surface area contributed by atoms with Gasteiger partial charge in [0, 0.05) is 30.7 Å². The van der Waals surface area contributed by atoms with Gasteiger partial charge in [0.05, 0.1) is 0 Å². The van der Waals surface area contributed by atoms with Crippen LogP contribution in [0.3, 0.4) is 0 Å². The highest BCUT2D eigenvalue weighted by Gasteiger charge is 2.46. The smallest absolute Gasteiger partial charge is 0.325 e. The summed E-state index contributed by atoms with van der Waals surface area (Å²) in [5.41, 5.74) is 4.95. The lowest BCUT2D eigenvalue weighted by molar-refractivity contribution is -0.138. The number of anilines is 1. The van der Waals surface area contributed by atoms with E-state index >= 15 is 0 Å². The van der Waals surface area contributed by atoms with Crippen LogP contribution in [-0.2, 0) is 4.79 Å². The Labute approximate surface area is 132 Å². The van der Waals surface area contributed by atoms with Crippen molar-refractivity contribution in [1.29, 1.82) is 0 Å². The second-order valence-corrected chi connectivity index (χ2v) is 7.69. The Balaban J connectivity index is 1.92. The Kier molecular flexibility index (Phi) is 2.75. The Morgan fingerprint density at radius 1 is 1.52 bits per heavy atom. The molecule has 1 aromatic carbocycles. The maximum absolute atomic E-state index is 11.6. The summed E-state index contributed by atoms with van der Waals surface area (Å²) in [5, 5.41) is 13.0. The summed E-state index contributed by atoms with van der Waals surface area (Å²) in [7, 11) is 2.02. The molecule has 21 heavy (non-hydrogen) atoms. The average molecular weight is 349 g/mol. The van der Waals surface area contributed by atoms with Crippen LogP contribution >= 0.6 is 15.9 Å². The van der Waals surface area contributed by atoms with Crippen molar-refractivity contribution in [3.63, 3.8) is 0 Å². The first-order valence-corrected chi connectivity index (χ1v) is 8.01. The molecule has 0 fully saturated rings. The van der Waals surface area contributed by atoms with E-state index in [2.05, 4.69) is 44.3 Å². The van der Waals surface area contributed by atoms with Gasteiger partial charge in [-0.05, 0) is 36.2 Å². The number of halogens is 1. The number of hydrogen-bond donors (Lipinski definition) is 2. The Morgan fingerprint density at radius 2 is 2.33 bits per heavy atom. The molecule has 2 aliphatic heterocycles. The molecule has 0 radical (unpaired) electrons. The summed E-state index contributed by atoms with van der Waals surface area (Å²) in [5.74, 6) is -0.290. The van der Waals surface area contributed by atoms with Gasteiger partial charge in [-0.15, -0.1) is 0 Å². The average Bonchev–Trinajstić information content (AvgIpc) is 2.85. The van der Waals surface area contributed by atoms with E-state index in [0.717, 1.165) is 18.5 Å². The molecule has 0 aromatic heterocycles. The number of carbonyl (C=O) groups is 1. The molecule has 0 amide bonds. The minimum atomic E-state index is -0.991. The van der Waals surface area contributed by atoms with Crippen molar-refractivity contribution < 1.29 is 9.90 Å². The Bertz CT molecular complexity index is 672. The quantitative estimate of drug-likeness (QED) is 0.765. The maximum Gasteiger partial charge on any atom is 0.325 e. The van der Waals surface area contributed by atoms with Crippen LogP contribution in [0.1, 0.15) is 23.5 Å². The molecule has 0 spiro atoms. The van der Waals surface area contributed by atoms with Crippen LogP contribution in [0.4, 0.5) is 5.69 Å². The van der Waals surface area contributed by atoms with Crippen molar-refractivity contribution in [3.05, 3.63) is 35.4 Å². The summed E-state index contributed by atoms with van der Waals surface area (Å²) < 4.78 is -0.991. The van der Waals surface area contributed by atoms with Gasteiger partial charge in [-0.3, -0.25) is 9.69 Å². The second-order valence-electron chi connectivity index (χ2n) is 6.28. The number of aliphatic carboxylic acids is 1. The highest BCUT2D eigenvalue weighted by molar-refractivity contribution is 9.10. The lowest BCUT2D eigenvalue weighted by atomic mass is 9.74. The zero-order valence-corrected chi connectivity index (χ0v) is 13.4. The molecule has 2 heterocycles. The number of hydrogen-bond acceptors (Lipinski definition) is 3. The van der Waals surface area contributed by atoms with Gasteiger partial charge in [0.25, 0.3) is 0 Å². The molecule has 1 unspecified atom stereocenters. The second kappa shape index (κ2) is 4.34. The first-order valence-electron chi connectivity index (χ1n) is 7.22. The van der Waals surface area contributed by atoms with Crippen LogP contribution in [0.2, 0.25) is 0 Å². The van der Waals surface area contributed by atoms with Crippen LogP contribution in [0.25, 0.3) is 5.57 Å². The molecular formula is C16H17BrN2O2. The van der Waals surface area contributed by atoms with E-state index in [1.807, 2.05) is 13.1 Å². The predicted molar refractivity (Wildman–Crippen MR) is 86.0 cm³/mol. The number of benzene rings is 1. The Morgan fingerprint density at radius 3 is 3.10 bits per heavy atom. The lowest BCUT2D eigenvalue weighted by Crippen LogP contribution is -2.51. The molecule has 1 aliphatic carbocycles. The zero-order chi connectivity index (χ0) is 14.8. The molecule has 0 saturated carbocycles. The van der Waals surface area contributed by atoms with Gasteiger partial charge >= 0.3 is 5.97 Å². The van der Waals surface area contributed by atoms with Crippen molar-refractivity contribution in [2.45, 2.75) is 22.7 Å². The van der Waals surface area contributed by atoms with E-state index in [1.165, 1.54) is 16.8 Å². The number of carboxylic acids is 1. The van der Waals surface area contributed by atoms with Gasteiger partial charge < -0.3 is 10.4 Å². The third kappa shape index (κ3) is 1.80. The summed E-state index contributed by atoms with van der Waals surface area (Å²) >= 11 is 3.43. The first-order chi connectivity index (χ1) is 9.99. The van der Waals surface area contributed by atoms with E-state index < -0.39 is 10.3 Å². The van der Waals surface area contributed by atoms with E-state index in [0.29, 0.717) is 18.5 Å². The van der Waals surface area contributed by atoms with E-state index in [4.69, 9.17) is 0 Å². The lowest BCUT2D eigenvalue weighted by Gasteiger charge is -2.43. The fourth-order valence-corrected chi connectivity index (χ4v) is 4.65. The molecule has 4 rings (SSSR count). The molecule has 4 nitrogen and oxygen atoms in total. The van der Waals surface area contributed by atoms with Crippen LogP contribution in [0.5, 0.6) is 0 Å². The molecule has 2 N–H and O–H groups in total. The van der Waals surface area contributed by atoms with Gasteiger partial charge in [-0.25, -0.2) is 0 Å². The third-order valence-electron chi connectivity index (χ3n) is 4.98. The summed E-state index contributed by atoms with van der Waals surface area (Å²) in [6.45, 7) is 1.48. The van der Waals surface area contributed by atoms with Gasteiger partial charge in [-0.1, -0.05) is 34.1 Å². The fourth-order valence-electron chi connectivity index (χ4n) is 4.01. The molecule has 5 heteroatoms. The van der Waals surface area contributed by atoms with Crippen molar-refractivity contribution in [1.82, 2.24) is 4.90 Å². The highest BCUT2D eigenvalue weighted by Crippen LogP contribution is 2.49. The van der Waals surface area contributed by atoms with Crippen molar-refractivity contribution >= 4 is 33.2 Å². The van der Waals surface area contributed by atoms with Crippen LogP contribution in [-0.4, -0.2) is 46.5 Å². The first kappa shape index (κ1) is 13.3. The van der Waals surface area contributed by atoms with E-state index in [9.17, 15) is 9.90 Å². The minimum absolute atomic E-state index is 0.308. The number of nitrogens with zero attached hydrogens (tertiary/aromatic N) is 1. The number of likely N-dealkylation sites (N-methyl/N-ethyl adjacent to an activating group) is 1. The predicted octanol–water partition coefficient (Wildman–Crippen LogP) is 2.52. The number of nitrogens with one attached hydrogen (secondary N) is 1. The van der Waals surface area contributed by atoms with E-state index in [1.54, 1.807) is 0 Å². The summed E-state index contributed by atoms with van der Waals surface area (Å²) in [6, 6.07) is 6.61. The molecular weight excluding hydrogens is 332 g/mol. The summed E-state index contributed by atoms with van der Waals surface area (Å²) in [6.07, 6.45) is 2.98. The minimum Gasteiger partial charge on any atom is -0.480 e. The maximum atomic E-state index is 11.6. The fraction of sp³-hybridized carbons (Fsp3) is 0.438. The molecule has 1 aromatic rings. The zero-order valence-electron chi connectivity index (χ0n) is 11.8. The number of alkyl halides is 1. The van der Waals surface area contributed by atoms with Gasteiger partial charge in [0.2, 0.25) is 0 Å². The molecule has 0 saturated heterocycles. The number of carboxylic acid groups (broad SMARTS) is 1. The van der Waals surface area contributed by atoms with Gasteiger partial charge in [0.15, 0.2) is 4.32 Å². The molecule has 3 atom stereocenters. The van der Waals surface area contributed by atoms with E-state index in [-0.39, 0.29) is 0 Å². The standard InChI is InChI=1S/C16H17BrN2O2/c1-19-8-16(17,15(20)21)6-11-10-3-2-4-12-14(10)9(7-18-12)5-13(11)19/h2-4,6,9,13,18H,5,7-8H2,1H3,(H,20,21)/t9?,13-,16+/m1/s1. The topological polar surface area (TPSA) is 52.6 Å². The van der Waals surface area contributed by atoms with Gasteiger partial charge in [0.1, 0.15) is 0 Å². The van der Waals surface area contributed by atoms with Crippen molar-refractivity contribution in [3.8, 4) is 0 Å². The van der Waals surface area contributed by atoms with Crippen molar-refractivity contribution in [2.24, 2.45) is 0 Å².